The van der Waals surface area contributed by atoms with E-state index in [2.05, 4.69) is 10.2 Å². The van der Waals surface area contributed by atoms with E-state index in [4.69, 9.17) is 4.74 Å². The van der Waals surface area contributed by atoms with E-state index in [9.17, 15) is 0 Å². The highest BCUT2D eigenvalue weighted by Gasteiger charge is 2.30. The minimum absolute atomic E-state index is 0.257. The molecule has 0 saturated heterocycles. The van der Waals surface area contributed by atoms with Crippen LogP contribution in [0.25, 0.3) is 0 Å². The van der Waals surface area contributed by atoms with Gasteiger partial charge in [0.15, 0.2) is 5.72 Å². The van der Waals surface area contributed by atoms with Gasteiger partial charge in [0.1, 0.15) is 0 Å². The Hall–Kier alpha value is -0.440. The summed E-state index contributed by atoms with van der Waals surface area (Å²) in [7, 11) is 0. The van der Waals surface area contributed by atoms with Crippen LogP contribution in [-0.4, -0.2) is 17.9 Å². The van der Waals surface area contributed by atoms with Crippen LogP contribution in [0.15, 0.2) is 10.2 Å². The molecule has 3 heteroatoms. The molecule has 1 saturated carbocycles. The highest BCUT2D eigenvalue weighted by Crippen LogP contribution is 2.29. The molecule has 0 spiro atoms. The van der Waals surface area contributed by atoms with Crippen LogP contribution in [0.2, 0.25) is 0 Å². The Labute approximate surface area is 74.2 Å². The highest BCUT2D eigenvalue weighted by molar-refractivity contribution is 4.78. The van der Waals surface area contributed by atoms with Gasteiger partial charge in [0.25, 0.3) is 0 Å². The van der Waals surface area contributed by atoms with Crippen molar-refractivity contribution >= 4 is 0 Å². The first-order valence-electron chi connectivity index (χ1n) is 4.59. The maximum atomic E-state index is 5.64. The molecule has 0 bridgehead atoms. The number of ether oxygens (including phenoxy) is 1. The van der Waals surface area contributed by atoms with Gasteiger partial charge in [-0.15, -0.1) is 0 Å². The van der Waals surface area contributed by atoms with Crippen molar-refractivity contribution in [2.75, 3.05) is 0 Å². The van der Waals surface area contributed by atoms with Crippen molar-refractivity contribution in [2.45, 2.75) is 58.4 Å². The molecule has 12 heavy (non-hydrogen) atoms. The summed E-state index contributed by atoms with van der Waals surface area (Å²) < 4.78 is 5.64. The lowest BCUT2D eigenvalue weighted by Crippen LogP contribution is -2.22. The Morgan fingerprint density at radius 3 is 2.33 bits per heavy atom. The lowest BCUT2D eigenvalue weighted by atomic mass is 10.3. The highest BCUT2D eigenvalue weighted by atomic mass is 16.5. The molecule has 1 rings (SSSR count). The number of hydrogen-bond acceptors (Lipinski definition) is 3. The zero-order chi connectivity index (χ0) is 9.19. The van der Waals surface area contributed by atoms with Crippen LogP contribution < -0.4 is 0 Å². The van der Waals surface area contributed by atoms with Crippen LogP contribution in [0.3, 0.4) is 0 Å². The molecule has 0 aromatic carbocycles. The smallest absolute Gasteiger partial charge is 0.173 e. The van der Waals surface area contributed by atoms with Crippen molar-refractivity contribution in [3.63, 3.8) is 0 Å². The van der Waals surface area contributed by atoms with Gasteiger partial charge in [-0.1, -0.05) is 0 Å². The monoisotopic (exact) mass is 170 g/mol. The lowest BCUT2D eigenvalue weighted by Gasteiger charge is -2.18. The van der Waals surface area contributed by atoms with Gasteiger partial charge < -0.3 is 4.74 Å². The molecule has 0 heterocycles. The SMILES string of the molecule is CC(C)N=NC(C)(C)OC1CC1. The minimum Gasteiger partial charge on any atom is -0.349 e. The average Bonchev–Trinajstić information content (AvgIpc) is 2.67. The van der Waals surface area contributed by atoms with Gasteiger partial charge in [-0.25, -0.2) is 0 Å². The zero-order valence-corrected chi connectivity index (χ0v) is 8.37. The maximum absolute atomic E-state index is 5.64. The normalized spacial score (nSPS) is 19.4. The molecule has 0 aliphatic heterocycles. The number of azo groups is 1. The summed E-state index contributed by atoms with van der Waals surface area (Å²) in [6.45, 7) is 7.93. The quantitative estimate of drug-likeness (QED) is 0.597. The Balaban J connectivity index is 2.34. The molecule has 1 aliphatic rings. The average molecular weight is 170 g/mol. The second-order valence-electron chi connectivity index (χ2n) is 4.07. The van der Waals surface area contributed by atoms with E-state index in [1.807, 2.05) is 27.7 Å². The summed E-state index contributed by atoms with van der Waals surface area (Å²) in [5.41, 5.74) is -0.425. The van der Waals surface area contributed by atoms with Crippen LogP contribution in [0.1, 0.15) is 40.5 Å². The second kappa shape index (κ2) is 3.52. The topological polar surface area (TPSA) is 34.0 Å². The Bertz CT molecular complexity index is 171. The fourth-order valence-corrected chi connectivity index (χ4v) is 0.872. The third kappa shape index (κ3) is 3.81. The zero-order valence-electron chi connectivity index (χ0n) is 8.37. The Kier molecular flexibility index (Phi) is 2.83. The summed E-state index contributed by atoms with van der Waals surface area (Å²) >= 11 is 0. The Morgan fingerprint density at radius 1 is 1.33 bits per heavy atom. The van der Waals surface area contributed by atoms with Crippen LogP contribution in [-0.2, 0) is 4.74 Å². The van der Waals surface area contributed by atoms with Crippen LogP contribution in [0.5, 0.6) is 0 Å². The van der Waals surface area contributed by atoms with Gasteiger partial charge in [0, 0.05) is 0 Å². The van der Waals surface area contributed by atoms with Gasteiger partial charge in [0.2, 0.25) is 0 Å². The molecule has 0 N–H and O–H groups in total. The number of hydrogen-bond donors (Lipinski definition) is 0. The molecule has 1 aliphatic carbocycles. The van der Waals surface area contributed by atoms with Crippen molar-refractivity contribution < 1.29 is 4.74 Å². The van der Waals surface area contributed by atoms with E-state index in [1.54, 1.807) is 0 Å². The number of nitrogens with zero attached hydrogens (tertiary/aromatic N) is 2. The van der Waals surface area contributed by atoms with Crippen molar-refractivity contribution in [2.24, 2.45) is 10.2 Å². The molecule has 0 radical (unpaired) electrons. The number of rotatable bonds is 4. The third-order valence-electron chi connectivity index (χ3n) is 1.51. The minimum atomic E-state index is -0.425. The molecule has 0 unspecified atom stereocenters. The largest absolute Gasteiger partial charge is 0.349 e. The van der Waals surface area contributed by atoms with E-state index in [0.29, 0.717) is 6.10 Å². The third-order valence-corrected chi connectivity index (χ3v) is 1.51. The van der Waals surface area contributed by atoms with Gasteiger partial charge in [0.05, 0.1) is 12.1 Å². The van der Waals surface area contributed by atoms with Crippen LogP contribution >= 0.6 is 0 Å². The van der Waals surface area contributed by atoms with Crippen molar-refractivity contribution in [3.05, 3.63) is 0 Å². The van der Waals surface area contributed by atoms with E-state index < -0.39 is 5.72 Å². The second-order valence-corrected chi connectivity index (χ2v) is 4.07. The van der Waals surface area contributed by atoms with Crippen molar-refractivity contribution in [1.82, 2.24) is 0 Å². The molecule has 0 aromatic rings. The molecular weight excluding hydrogens is 152 g/mol. The Morgan fingerprint density at radius 2 is 1.92 bits per heavy atom. The summed E-state index contributed by atoms with van der Waals surface area (Å²) in [5, 5.41) is 8.22. The van der Waals surface area contributed by atoms with Crippen molar-refractivity contribution in [1.29, 1.82) is 0 Å². The maximum Gasteiger partial charge on any atom is 0.173 e. The predicted octanol–water partition coefficient (Wildman–Crippen LogP) is 2.76. The molecule has 0 atom stereocenters. The predicted molar refractivity (Wildman–Crippen MR) is 48.2 cm³/mol. The fourth-order valence-electron chi connectivity index (χ4n) is 0.872. The van der Waals surface area contributed by atoms with Crippen molar-refractivity contribution in [3.8, 4) is 0 Å². The molecule has 1 fully saturated rings. The summed E-state index contributed by atoms with van der Waals surface area (Å²) in [5.74, 6) is 0. The summed E-state index contributed by atoms with van der Waals surface area (Å²) in [6.07, 6.45) is 2.80. The van der Waals surface area contributed by atoms with Gasteiger partial charge in [-0.05, 0) is 40.5 Å². The molecule has 0 amide bonds. The molecule has 0 aromatic heterocycles. The van der Waals surface area contributed by atoms with Gasteiger partial charge >= 0.3 is 0 Å². The standard InChI is InChI=1S/C9H18N2O/c1-7(2)10-11-9(3,4)12-8-5-6-8/h7-8H,5-6H2,1-4H3. The summed E-state index contributed by atoms with van der Waals surface area (Å²) in [6, 6.07) is 0.257. The first-order chi connectivity index (χ1) is 5.49. The fraction of sp³-hybridized carbons (Fsp3) is 1.00. The van der Waals surface area contributed by atoms with E-state index in [-0.39, 0.29) is 6.04 Å². The van der Waals surface area contributed by atoms with Crippen LogP contribution in [0.4, 0.5) is 0 Å². The molecule has 70 valence electrons. The lowest BCUT2D eigenvalue weighted by molar-refractivity contribution is -0.0286. The first-order valence-corrected chi connectivity index (χ1v) is 4.59. The van der Waals surface area contributed by atoms with Gasteiger partial charge in [-0.3, -0.25) is 0 Å². The van der Waals surface area contributed by atoms with Crippen LogP contribution in [0, 0.1) is 0 Å². The molecular formula is C9H18N2O. The molecule has 3 nitrogen and oxygen atoms in total. The van der Waals surface area contributed by atoms with E-state index in [0.717, 1.165) is 0 Å². The summed E-state index contributed by atoms with van der Waals surface area (Å²) in [4.78, 5) is 0. The van der Waals surface area contributed by atoms with E-state index >= 15 is 0 Å². The van der Waals surface area contributed by atoms with Gasteiger partial charge in [-0.2, -0.15) is 10.2 Å². The first kappa shape index (κ1) is 9.65. The van der Waals surface area contributed by atoms with E-state index in [1.165, 1.54) is 12.8 Å².